The lowest BCUT2D eigenvalue weighted by molar-refractivity contribution is 0.0436. The number of allylic oxidation sites excluding steroid dienone is 4. The molecule has 31 heavy (non-hydrogen) atoms. The quantitative estimate of drug-likeness (QED) is 0.490. The van der Waals surface area contributed by atoms with Gasteiger partial charge in [0, 0.05) is 12.3 Å². The van der Waals surface area contributed by atoms with Crippen LogP contribution in [0, 0.1) is 29.1 Å². The molecule has 0 radical (unpaired) electrons. The molecule has 0 aromatic carbocycles. The van der Waals surface area contributed by atoms with Gasteiger partial charge in [-0.25, -0.2) is 0 Å². The molecule has 0 unspecified atom stereocenters. The Balaban J connectivity index is 1.76. The maximum atomic E-state index is 10.3. The van der Waals surface area contributed by atoms with Gasteiger partial charge in [-0.1, -0.05) is 57.2 Å². The van der Waals surface area contributed by atoms with Crippen molar-refractivity contribution >= 4 is 0 Å². The van der Waals surface area contributed by atoms with E-state index in [-0.39, 0.29) is 5.92 Å². The van der Waals surface area contributed by atoms with E-state index >= 15 is 0 Å². The van der Waals surface area contributed by atoms with Gasteiger partial charge in [0.15, 0.2) is 0 Å². The third-order valence-electron chi connectivity index (χ3n) is 8.75. The first-order valence-corrected chi connectivity index (χ1v) is 12.3. The molecule has 3 N–H and O–H groups in total. The second kappa shape index (κ2) is 9.37. The minimum absolute atomic E-state index is 0.141. The number of rotatable bonds is 5. The van der Waals surface area contributed by atoms with Crippen molar-refractivity contribution < 1.29 is 15.3 Å². The highest BCUT2D eigenvalue weighted by atomic mass is 16.3. The Kier molecular flexibility index (Phi) is 7.40. The summed E-state index contributed by atoms with van der Waals surface area (Å²) in [6, 6.07) is 0. The van der Waals surface area contributed by atoms with E-state index in [2.05, 4.69) is 51.7 Å². The molecule has 3 aliphatic rings. The van der Waals surface area contributed by atoms with Crippen molar-refractivity contribution in [2.75, 3.05) is 0 Å². The van der Waals surface area contributed by atoms with Crippen LogP contribution in [0.1, 0.15) is 79.6 Å². The Morgan fingerprint density at radius 1 is 1.13 bits per heavy atom. The summed E-state index contributed by atoms with van der Waals surface area (Å²) in [5, 5.41) is 30.4. The Hall–Kier alpha value is -1.16. The molecule has 0 bridgehead atoms. The van der Waals surface area contributed by atoms with Crippen molar-refractivity contribution in [3.63, 3.8) is 0 Å². The fraction of sp³-hybridized carbons (Fsp3) is 0.714. The molecule has 3 rings (SSSR count). The van der Waals surface area contributed by atoms with Crippen molar-refractivity contribution in [3.8, 4) is 0 Å². The highest BCUT2D eigenvalue weighted by Crippen LogP contribution is 2.59. The minimum atomic E-state index is -0.684. The van der Waals surface area contributed by atoms with Gasteiger partial charge in [0.2, 0.25) is 0 Å². The zero-order valence-corrected chi connectivity index (χ0v) is 20.3. The second-order valence-corrected chi connectivity index (χ2v) is 11.4. The predicted molar refractivity (Wildman–Crippen MR) is 128 cm³/mol. The number of hydrogen-bond acceptors (Lipinski definition) is 3. The monoisotopic (exact) mass is 428 g/mol. The van der Waals surface area contributed by atoms with Gasteiger partial charge in [-0.2, -0.15) is 0 Å². The van der Waals surface area contributed by atoms with Gasteiger partial charge in [-0.05, 0) is 86.7 Å². The minimum Gasteiger partial charge on any atom is -0.393 e. The lowest BCUT2D eigenvalue weighted by Crippen LogP contribution is -2.35. The van der Waals surface area contributed by atoms with Crippen LogP contribution in [0.25, 0.3) is 0 Å². The highest BCUT2D eigenvalue weighted by Gasteiger charge is 2.50. The van der Waals surface area contributed by atoms with Crippen molar-refractivity contribution in [2.45, 2.75) is 97.4 Å². The molecule has 3 aliphatic carbocycles. The number of fused-ring (bicyclic) bond motifs is 1. The SMILES string of the molecule is C=C1/C(=C\C=C2/CCC[C@]3(C)[C@@H]([C@H](C)/C=C\[C@H](C)C(C)(C)O)CC[C@@H]23)C[C@@H](O)C[C@@H]1O. The maximum absolute atomic E-state index is 10.3. The molecule has 3 heteroatoms. The first kappa shape index (κ1) is 24.5. The third kappa shape index (κ3) is 5.26. The number of aliphatic hydroxyl groups is 3. The van der Waals surface area contributed by atoms with E-state index in [9.17, 15) is 15.3 Å². The summed E-state index contributed by atoms with van der Waals surface area (Å²) in [4.78, 5) is 0. The van der Waals surface area contributed by atoms with Crippen molar-refractivity contribution in [1.82, 2.24) is 0 Å². The molecule has 0 aromatic rings. The van der Waals surface area contributed by atoms with Gasteiger partial charge in [-0.3, -0.25) is 0 Å². The lowest BCUT2D eigenvalue weighted by Gasteiger charge is -2.44. The Bertz CT molecular complexity index is 753. The van der Waals surface area contributed by atoms with E-state index in [1.54, 1.807) is 0 Å². The van der Waals surface area contributed by atoms with Crippen LogP contribution in [0.2, 0.25) is 0 Å². The maximum Gasteiger partial charge on any atom is 0.0811 e. The molecular weight excluding hydrogens is 384 g/mol. The zero-order valence-electron chi connectivity index (χ0n) is 20.3. The smallest absolute Gasteiger partial charge is 0.0811 e. The fourth-order valence-corrected chi connectivity index (χ4v) is 6.32. The van der Waals surface area contributed by atoms with Gasteiger partial charge < -0.3 is 15.3 Å². The Morgan fingerprint density at radius 3 is 2.52 bits per heavy atom. The molecule has 7 atom stereocenters. The summed E-state index contributed by atoms with van der Waals surface area (Å²) in [6.07, 6.45) is 15.0. The van der Waals surface area contributed by atoms with E-state index in [0.717, 1.165) is 17.6 Å². The topological polar surface area (TPSA) is 60.7 Å². The number of aliphatic hydroxyl groups excluding tert-OH is 2. The average molecular weight is 429 g/mol. The molecule has 0 amide bonds. The van der Waals surface area contributed by atoms with E-state index in [1.807, 2.05) is 13.8 Å². The van der Waals surface area contributed by atoms with Crippen LogP contribution in [0.5, 0.6) is 0 Å². The summed E-state index contributed by atoms with van der Waals surface area (Å²) in [7, 11) is 0. The van der Waals surface area contributed by atoms with Crippen LogP contribution in [0.4, 0.5) is 0 Å². The third-order valence-corrected chi connectivity index (χ3v) is 8.75. The molecule has 0 aliphatic heterocycles. The summed E-state index contributed by atoms with van der Waals surface area (Å²) in [5.74, 6) is 1.91. The second-order valence-electron chi connectivity index (χ2n) is 11.4. The molecule has 0 saturated heterocycles. The molecule has 3 nitrogen and oxygen atoms in total. The van der Waals surface area contributed by atoms with E-state index in [0.29, 0.717) is 36.0 Å². The summed E-state index contributed by atoms with van der Waals surface area (Å²) in [5.41, 5.74) is 2.93. The molecule has 3 saturated carbocycles. The van der Waals surface area contributed by atoms with Gasteiger partial charge in [0.25, 0.3) is 0 Å². The highest BCUT2D eigenvalue weighted by molar-refractivity contribution is 5.38. The largest absolute Gasteiger partial charge is 0.393 e. The molecule has 0 spiro atoms. The molecule has 0 aromatic heterocycles. The molecule has 3 fully saturated rings. The van der Waals surface area contributed by atoms with Crippen molar-refractivity contribution in [2.24, 2.45) is 29.1 Å². The predicted octanol–water partition coefficient (Wildman–Crippen LogP) is 5.73. The first-order valence-electron chi connectivity index (χ1n) is 12.3. The molecular formula is C28H44O3. The van der Waals surface area contributed by atoms with E-state index < -0.39 is 17.8 Å². The van der Waals surface area contributed by atoms with Crippen molar-refractivity contribution in [1.29, 1.82) is 0 Å². The standard InChI is InChI=1S/C28H44O3/c1-18(9-10-19(2)27(4,5)31)24-13-14-25-21(8-7-15-28(24,25)6)11-12-22-16-23(29)17-26(30)20(22)3/h9-12,18-19,23-26,29-31H,3,7-8,13-17H2,1-2,4-6H3/b10-9-,21-11+,22-12-/t18-,19+,23-,24-,25+,26+,28-/m1/s1. The average Bonchev–Trinajstić information content (AvgIpc) is 3.04. The van der Waals surface area contributed by atoms with Gasteiger partial charge >= 0.3 is 0 Å². The molecule has 174 valence electrons. The van der Waals surface area contributed by atoms with Crippen LogP contribution < -0.4 is 0 Å². The van der Waals surface area contributed by atoms with Crippen LogP contribution in [0.15, 0.2) is 47.6 Å². The van der Waals surface area contributed by atoms with E-state index in [1.165, 1.54) is 31.3 Å². The molecule has 0 heterocycles. The van der Waals surface area contributed by atoms with Crippen LogP contribution in [0.3, 0.4) is 0 Å². The summed E-state index contributed by atoms with van der Waals surface area (Å²) >= 11 is 0. The van der Waals surface area contributed by atoms with Crippen molar-refractivity contribution in [3.05, 3.63) is 47.6 Å². The lowest BCUT2D eigenvalue weighted by atomic mass is 9.61. The van der Waals surface area contributed by atoms with Crippen LogP contribution in [-0.4, -0.2) is 33.1 Å². The normalized spacial score (nSPS) is 39.3. The number of hydrogen-bond donors (Lipinski definition) is 3. The Morgan fingerprint density at radius 2 is 1.84 bits per heavy atom. The van der Waals surface area contributed by atoms with Gasteiger partial charge in [0.1, 0.15) is 0 Å². The summed E-state index contributed by atoms with van der Waals surface area (Å²) in [6.45, 7) is 14.7. The zero-order chi connectivity index (χ0) is 23.0. The van der Waals surface area contributed by atoms with Gasteiger partial charge in [-0.15, -0.1) is 0 Å². The fourth-order valence-electron chi connectivity index (χ4n) is 6.32. The van der Waals surface area contributed by atoms with E-state index in [4.69, 9.17) is 0 Å². The Labute approximate surface area is 189 Å². The first-order chi connectivity index (χ1) is 14.4. The summed E-state index contributed by atoms with van der Waals surface area (Å²) < 4.78 is 0. The van der Waals surface area contributed by atoms with Crippen LogP contribution >= 0.6 is 0 Å². The van der Waals surface area contributed by atoms with Crippen LogP contribution in [-0.2, 0) is 0 Å². The van der Waals surface area contributed by atoms with Gasteiger partial charge in [0.05, 0.1) is 17.8 Å².